The third-order valence-electron chi connectivity index (χ3n) is 3.47. The Morgan fingerprint density at radius 2 is 1.65 bits per heavy atom. The molecule has 0 amide bonds. The van der Waals surface area contributed by atoms with E-state index in [2.05, 4.69) is 26.0 Å². The van der Waals surface area contributed by atoms with Crippen molar-refractivity contribution in [3.8, 4) is 0 Å². The number of rotatable bonds is 13. The molecule has 0 radical (unpaired) electrons. The second-order valence-corrected chi connectivity index (χ2v) is 5.43. The molecule has 1 N–H and O–H groups in total. The van der Waals surface area contributed by atoms with Gasteiger partial charge in [-0.05, 0) is 25.7 Å². The summed E-state index contributed by atoms with van der Waals surface area (Å²) in [7, 11) is 0. The summed E-state index contributed by atoms with van der Waals surface area (Å²) in [6.45, 7) is 4.38. The summed E-state index contributed by atoms with van der Waals surface area (Å²) < 4.78 is 0. The molecule has 2 nitrogen and oxygen atoms in total. The predicted molar refractivity (Wildman–Crippen MR) is 86.9 cm³/mol. The van der Waals surface area contributed by atoms with Crippen LogP contribution < -0.4 is 0 Å². The first-order valence-electron chi connectivity index (χ1n) is 8.26. The van der Waals surface area contributed by atoms with E-state index in [1.165, 1.54) is 32.1 Å². The van der Waals surface area contributed by atoms with E-state index in [9.17, 15) is 4.79 Å². The third kappa shape index (κ3) is 12.0. The molecule has 0 fully saturated rings. The second-order valence-electron chi connectivity index (χ2n) is 5.43. The van der Waals surface area contributed by atoms with Crippen LogP contribution >= 0.6 is 0 Å². The number of aliphatic carboxylic acids is 1. The summed E-state index contributed by atoms with van der Waals surface area (Å²) in [4.78, 5) is 11.1. The maximum absolute atomic E-state index is 11.1. The van der Waals surface area contributed by atoms with Crippen molar-refractivity contribution in [1.29, 1.82) is 0 Å². The number of unbranched alkanes of at least 4 members (excludes halogenated alkanes) is 6. The highest BCUT2D eigenvalue weighted by Crippen LogP contribution is 2.13. The standard InChI is InChI=1S/C18H32O2/c1-3-5-7-9-10-11-12-14-16-17(18(19)20)15-13-8-6-4-2/h10-11,14,16-17H,3-9,12-13,15H2,1-2H3,(H,19,20)/b11-10-,16-14-. The van der Waals surface area contributed by atoms with Crippen molar-refractivity contribution in [2.24, 2.45) is 5.92 Å². The van der Waals surface area contributed by atoms with Crippen LogP contribution in [-0.2, 0) is 4.79 Å². The number of hydrogen-bond donors (Lipinski definition) is 1. The van der Waals surface area contributed by atoms with Crippen LogP contribution in [0.25, 0.3) is 0 Å². The molecule has 0 aromatic heterocycles. The van der Waals surface area contributed by atoms with E-state index in [4.69, 9.17) is 5.11 Å². The molecule has 1 unspecified atom stereocenters. The van der Waals surface area contributed by atoms with E-state index in [0.717, 1.165) is 32.1 Å². The molecule has 0 aliphatic carbocycles. The van der Waals surface area contributed by atoms with Crippen molar-refractivity contribution in [2.75, 3.05) is 0 Å². The van der Waals surface area contributed by atoms with Gasteiger partial charge >= 0.3 is 5.97 Å². The van der Waals surface area contributed by atoms with Crippen LogP contribution in [-0.4, -0.2) is 11.1 Å². The van der Waals surface area contributed by atoms with Crippen LogP contribution in [0.2, 0.25) is 0 Å². The van der Waals surface area contributed by atoms with Gasteiger partial charge in [-0.1, -0.05) is 76.7 Å². The Morgan fingerprint density at radius 3 is 2.30 bits per heavy atom. The Kier molecular flexibility index (Phi) is 13.6. The summed E-state index contributed by atoms with van der Waals surface area (Å²) >= 11 is 0. The molecule has 0 saturated heterocycles. The van der Waals surface area contributed by atoms with Gasteiger partial charge in [-0.2, -0.15) is 0 Å². The lowest BCUT2D eigenvalue weighted by Crippen LogP contribution is -2.10. The van der Waals surface area contributed by atoms with E-state index < -0.39 is 5.97 Å². The monoisotopic (exact) mass is 280 g/mol. The predicted octanol–water partition coefficient (Wildman–Crippen LogP) is 5.74. The van der Waals surface area contributed by atoms with Crippen molar-refractivity contribution in [2.45, 2.75) is 78.1 Å². The highest BCUT2D eigenvalue weighted by atomic mass is 16.4. The zero-order valence-electron chi connectivity index (χ0n) is 13.3. The fraction of sp³-hybridized carbons (Fsp3) is 0.722. The first kappa shape index (κ1) is 18.9. The lowest BCUT2D eigenvalue weighted by atomic mass is 10.00. The van der Waals surface area contributed by atoms with E-state index in [1.807, 2.05) is 12.2 Å². The van der Waals surface area contributed by atoms with Crippen LogP contribution in [0.4, 0.5) is 0 Å². The van der Waals surface area contributed by atoms with Crippen molar-refractivity contribution in [3.63, 3.8) is 0 Å². The highest BCUT2D eigenvalue weighted by Gasteiger charge is 2.12. The molecule has 0 aliphatic rings. The second kappa shape index (κ2) is 14.4. The minimum absolute atomic E-state index is 0.305. The molecule has 20 heavy (non-hydrogen) atoms. The first-order valence-corrected chi connectivity index (χ1v) is 8.26. The Bertz CT molecular complexity index is 279. The van der Waals surface area contributed by atoms with Gasteiger partial charge in [-0.25, -0.2) is 0 Å². The summed E-state index contributed by atoms with van der Waals surface area (Å²) in [6.07, 6.45) is 19.3. The molecule has 0 saturated carbocycles. The van der Waals surface area contributed by atoms with Crippen LogP contribution in [0.5, 0.6) is 0 Å². The van der Waals surface area contributed by atoms with Gasteiger partial charge in [0.05, 0.1) is 5.92 Å². The van der Waals surface area contributed by atoms with E-state index >= 15 is 0 Å². The summed E-state index contributed by atoms with van der Waals surface area (Å²) in [5, 5.41) is 9.16. The Morgan fingerprint density at radius 1 is 0.950 bits per heavy atom. The lowest BCUT2D eigenvalue weighted by Gasteiger charge is -2.06. The maximum Gasteiger partial charge on any atom is 0.310 e. The van der Waals surface area contributed by atoms with Crippen LogP contribution in [0, 0.1) is 5.92 Å². The minimum atomic E-state index is -0.690. The Balaban J connectivity index is 3.82. The number of carbonyl (C=O) groups is 1. The molecule has 0 aliphatic heterocycles. The van der Waals surface area contributed by atoms with E-state index in [-0.39, 0.29) is 5.92 Å². The highest BCUT2D eigenvalue weighted by molar-refractivity contribution is 5.72. The zero-order valence-corrected chi connectivity index (χ0v) is 13.3. The molecule has 0 rings (SSSR count). The largest absolute Gasteiger partial charge is 0.481 e. The summed E-state index contributed by atoms with van der Waals surface area (Å²) in [5.74, 6) is -0.995. The molecule has 0 bridgehead atoms. The van der Waals surface area contributed by atoms with Crippen molar-refractivity contribution in [1.82, 2.24) is 0 Å². The molecular formula is C18H32O2. The summed E-state index contributed by atoms with van der Waals surface area (Å²) in [6, 6.07) is 0. The van der Waals surface area contributed by atoms with Gasteiger partial charge in [0.15, 0.2) is 0 Å². The van der Waals surface area contributed by atoms with E-state index in [1.54, 1.807) is 0 Å². The SMILES string of the molecule is CCCCC/C=C\C/C=C\C(CCCCCC)C(=O)O. The quantitative estimate of drug-likeness (QED) is 0.345. The topological polar surface area (TPSA) is 37.3 Å². The fourth-order valence-corrected chi connectivity index (χ4v) is 2.14. The molecule has 0 aromatic rings. The molecule has 0 heterocycles. The van der Waals surface area contributed by atoms with Crippen LogP contribution in [0.1, 0.15) is 78.1 Å². The Labute approximate surface area is 125 Å². The van der Waals surface area contributed by atoms with Crippen LogP contribution in [0.3, 0.4) is 0 Å². The Hall–Kier alpha value is -1.05. The van der Waals surface area contributed by atoms with Gasteiger partial charge in [-0.15, -0.1) is 0 Å². The fourth-order valence-electron chi connectivity index (χ4n) is 2.14. The normalized spacial score (nSPS) is 13.3. The number of carboxylic acid groups (broad SMARTS) is 1. The molecule has 1 atom stereocenters. The molecule has 2 heteroatoms. The van der Waals surface area contributed by atoms with Crippen molar-refractivity contribution in [3.05, 3.63) is 24.3 Å². The number of allylic oxidation sites excluding steroid dienone is 3. The zero-order chi connectivity index (χ0) is 15.1. The molecule has 0 aromatic carbocycles. The average Bonchev–Trinajstić information content (AvgIpc) is 2.43. The lowest BCUT2D eigenvalue weighted by molar-refractivity contribution is -0.140. The molecule has 116 valence electrons. The van der Waals surface area contributed by atoms with Crippen molar-refractivity contribution < 1.29 is 9.90 Å². The smallest absolute Gasteiger partial charge is 0.310 e. The van der Waals surface area contributed by atoms with Crippen molar-refractivity contribution >= 4 is 5.97 Å². The molecule has 0 spiro atoms. The van der Waals surface area contributed by atoms with Gasteiger partial charge in [0.2, 0.25) is 0 Å². The van der Waals surface area contributed by atoms with Gasteiger partial charge in [-0.3, -0.25) is 4.79 Å². The minimum Gasteiger partial charge on any atom is -0.481 e. The van der Waals surface area contributed by atoms with Gasteiger partial charge in [0.1, 0.15) is 0 Å². The maximum atomic E-state index is 11.1. The average molecular weight is 280 g/mol. The van der Waals surface area contributed by atoms with Crippen LogP contribution in [0.15, 0.2) is 24.3 Å². The van der Waals surface area contributed by atoms with Gasteiger partial charge in [0, 0.05) is 0 Å². The third-order valence-corrected chi connectivity index (χ3v) is 3.47. The number of carboxylic acids is 1. The summed E-state index contributed by atoms with van der Waals surface area (Å²) in [5.41, 5.74) is 0. The van der Waals surface area contributed by atoms with Gasteiger partial charge in [0.25, 0.3) is 0 Å². The number of hydrogen-bond acceptors (Lipinski definition) is 1. The van der Waals surface area contributed by atoms with E-state index in [0.29, 0.717) is 0 Å². The van der Waals surface area contributed by atoms with Gasteiger partial charge < -0.3 is 5.11 Å². The first-order chi connectivity index (χ1) is 9.72. The molecular weight excluding hydrogens is 248 g/mol.